The zero-order chi connectivity index (χ0) is 18.4. The first-order valence-corrected chi connectivity index (χ1v) is 8.45. The second-order valence-electron chi connectivity index (χ2n) is 6.03. The van der Waals surface area contributed by atoms with Crippen LogP contribution in [0.3, 0.4) is 0 Å². The van der Waals surface area contributed by atoms with E-state index in [0.29, 0.717) is 18.7 Å². The molecular weight excluding hydrogens is 334 g/mol. The van der Waals surface area contributed by atoms with Crippen molar-refractivity contribution in [3.05, 3.63) is 54.6 Å². The van der Waals surface area contributed by atoms with Crippen LogP contribution in [0, 0.1) is 0 Å². The van der Waals surface area contributed by atoms with Crippen molar-refractivity contribution >= 4 is 17.6 Å². The number of hydrogen-bond acceptors (Lipinski definition) is 6. The average Bonchev–Trinajstić information content (AvgIpc) is 2.69. The highest BCUT2D eigenvalue weighted by atomic mass is 16.4. The lowest BCUT2D eigenvalue weighted by atomic mass is 10.2. The molecule has 2 N–H and O–H groups in total. The standard InChI is InChI=1S/C18H21N5O3/c24-17(14-2-1-5-20-12-14)21-13-16(18(25)26)23-10-8-22(9-11-23)15-3-6-19-7-4-15/h1-7,12,16H,8-11,13H2,(H,21,24)(H,25,26). The maximum atomic E-state index is 12.1. The molecule has 3 heterocycles. The minimum Gasteiger partial charge on any atom is -0.480 e. The van der Waals surface area contributed by atoms with Gasteiger partial charge < -0.3 is 15.3 Å². The molecule has 1 aliphatic rings. The quantitative estimate of drug-likeness (QED) is 0.778. The number of carboxylic acid groups (broad SMARTS) is 1. The Morgan fingerprint density at radius 1 is 1.08 bits per heavy atom. The normalized spacial score (nSPS) is 16.1. The topological polar surface area (TPSA) is 98.7 Å². The van der Waals surface area contributed by atoms with Crippen molar-refractivity contribution in [1.82, 2.24) is 20.2 Å². The van der Waals surface area contributed by atoms with E-state index >= 15 is 0 Å². The minimum atomic E-state index is -0.936. The van der Waals surface area contributed by atoms with Gasteiger partial charge in [-0.3, -0.25) is 24.5 Å². The van der Waals surface area contributed by atoms with E-state index in [0.717, 1.165) is 18.8 Å². The van der Waals surface area contributed by atoms with Gasteiger partial charge in [-0.1, -0.05) is 0 Å². The summed E-state index contributed by atoms with van der Waals surface area (Å²) in [6.07, 6.45) is 6.53. The van der Waals surface area contributed by atoms with Crippen LogP contribution in [-0.2, 0) is 4.79 Å². The Morgan fingerprint density at radius 2 is 1.81 bits per heavy atom. The fraction of sp³-hybridized carbons (Fsp3) is 0.333. The van der Waals surface area contributed by atoms with E-state index in [2.05, 4.69) is 20.2 Å². The van der Waals surface area contributed by atoms with E-state index in [9.17, 15) is 14.7 Å². The first-order valence-electron chi connectivity index (χ1n) is 8.45. The summed E-state index contributed by atoms with van der Waals surface area (Å²) in [7, 11) is 0. The number of piperazine rings is 1. The Hall–Kier alpha value is -3.00. The summed E-state index contributed by atoms with van der Waals surface area (Å²) < 4.78 is 0. The van der Waals surface area contributed by atoms with Gasteiger partial charge in [0.2, 0.25) is 0 Å². The van der Waals surface area contributed by atoms with Gasteiger partial charge >= 0.3 is 5.97 Å². The molecule has 1 saturated heterocycles. The molecule has 3 rings (SSSR count). The number of aliphatic carboxylic acids is 1. The summed E-state index contributed by atoms with van der Waals surface area (Å²) in [6, 6.07) is 6.44. The Labute approximate surface area is 151 Å². The number of hydrogen-bond donors (Lipinski definition) is 2. The lowest BCUT2D eigenvalue weighted by Crippen LogP contribution is -2.56. The summed E-state index contributed by atoms with van der Waals surface area (Å²) >= 11 is 0. The van der Waals surface area contributed by atoms with Gasteiger partial charge in [0.05, 0.1) is 5.56 Å². The van der Waals surface area contributed by atoms with Crippen LogP contribution in [0.5, 0.6) is 0 Å². The summed E-state index contributed by atoms with van der Waals surface area (Å²) in [4.78, 5) is 35.8. The zero-order valence-corrected chi connectivity index (χ0v) is 14.3. The monoisotopic (exact) mass is 355 g/mol. The number of nitrogens with one attached hydrogen (secondary N) is 1. The maximum Gasteiger partial charge on any atom is 0.322 e. The predicted octanol–water partition coefficient (Wildman–Crippen LogP) is 0.482. The molecule has 0 bridgehead atoms. The molecule has 1 unspecified atom stereocenters. The number of carbonyl (C=O) groups excluding carboxylic acids is 1. The van der Waals surface area contributed by atoms with Crippen LogP contribution in [0.4, 0.5) is 5.69 Å². The largest absolute Gasteiger partial charge is 0.480 e. The van der Waals surface area contributed by atoms with Gasteiger partial charge in [0.25, 0.3) is 5.91 Å². The molecule has 26 heavy (non-hydrogen) atoms. The van der Waals surface area contributed by atoms with Crippen molar-refractivity contribution < 1.29 is 14.7 Å². The highest BCUT2D eigenvalue weighted by Crippen LogP contribution is 2.16. The number of aromatic nitrogens is 2. The fourth-order valence-electron chi connectivity index (χ4n) is 3.01. The van der Waals surface area contributed by atoms with E-state index in [1.165, 1.54) is 6.20 Å². The number of carbonyl (C=O) groups is 2. The molecule has 0 aliphatic carbocycles. The minimum absolute atomic E-state index is 0.0539. The average molecular weight is 355 g/mol. The molecule has 0 aromatic carbocycles. The van der Waals surface area contributed by atoms with Gasteiger partial charge in [0.1, 0.15) is 6.04 Å². The van der Waals surface area contributed by atoms with Crippen molar-refractivity contribution in [2.75, 3.05) is 37.6 Å². The summed E-state index contributed by atoms with van der Waals surface area (Å²) in [5.74, 6) is -1.26. The Kier molecular flexibility index (Phi) is 5.75. The van der Waals surface area contributed by atoms with Gasteiger partial charge in [0.15, 0.2) is 0 Å². The number of carboxylic acids is 1. The molecule has 1 atom stereocenters. The number of nitrogens with zero attached hydrogens (tertiary/aromatic N) is 4. The molecule has 8 nitrogen and oxygen atoms in total. The maximum absolute atomic E-state index is 12.1. The lowest BCUT2D eigenvalue weighted by Gasteiger charge is -2.38. The van der Waals surface area contributed by atoms with Crippen LogP contribution >= 0.6 is 0 Å². The molecule has 1 aliphatic heterocycles. The molecule has 2 aromatic rings. The van der Waals surface area contributed by atoms with Crippen LogP contribution in [0.1, 0.15) is 10.4 Å². The van der Waals surface area contributed by atoms with Gasteiger partial charge in [-0.2, -0.15) is 0 Å². The van der Waals surface area contributed by atoms with Crippen LogP contribution in [-0.4, -0.2) is 70.6 Å². The van der Waals surface area contributed by atoms with Gasteiger partial charge in [-0.05, 0) is 24.3 Å². The predicted molar refractivity (Wildman–Crippen MR) is 96.0 cm³/mol. The van der Waals surface area contributed by atoms with Crippen LogP contribution < -0.4 is 10.2 Å². The molecule has 1 fully saturated rings. The number of anilines is 1. The Morgan fingerprint density at radius 3 is 2.42 bits per heavy atom. The molecule has 0 saturated carbocycles. The number of pyridine rings is 2. The molecule has 2 aromatic heterocycles. The molecule has 0 spiro atoms. The zero-order valence-electron chi connectivity index (χ0n) is 14.3. The Balaban J connectivity index is 1.56. The molecule has 1 amide bonds. The SMILES string of the molecule is O=C(NCC(C(=O)O)N1CCN(c2ccncc2)CC1)c1cccnc1. The second kappa shape index (κ2) is 8.39. The van der Waals surface area contributed by atoms with Crippen molar-refractivity contribution in [1.29, 1.82) is 0 Å². The molecular formula is C18H21N5O3. The van der Waals surface area contributed by atoms with Crippen molar-refractivity contribution in [2.24, 2.45) is 0 Å². The van der Waals surface area contributed by atoms with E-state index in [1.807, 2.05) is 17.0 Å². The van der Waals surface area contributed by atoms with E-state index in [1.54, 1.807) is 30.7 Å². The summed E-state index contributed by atoms with van der Waals surface area (Å²) in [6.45, 7) is 2.73. The van der Waals surface area contributed by atoms with Crippen molar-refractivity contribution in [3.63, 3.8) is 0 Å². The van der Waals surface area contributed by atoms with E-state index in [4.69, 9.17) is 0 Å². The summed E-state index contributed by atoms with van der Waals surface area (Å²) in [5, 5.41) is 12.3. The van der Waals surface area contributed by atoms with E-state index < -0.39 is 12.0 Å². The first kappa shape index (κ1) is 17.8. The fourth-order valence-corrected chi connectivity index (χ4v) is 3.01. The van der Waals surface area contributed by atoms with Gasteiger partial charge in [0, 0.05) is 63.2 Å². The third-order valence-corrected chi connectivity index (χ3v) is 4.45. The van der Waals surface area contributed by atoms with Gasteiger partial charge in [-0.25, -0.2) is 0 Å². The summed E-state index contributed by atoms with van der Waals surface area (Å²) in [5.41, 5.74) is 1.50. The third kappa shape index (κ3) is 4.34. The van der Waals surface area contributed by atoms with Gasteiger partial charge in [-0.15, -0.1) is 0 Å². The highest BCUT2D eigenvalue weighted by molar-refractivity contribution is 5.94. The van der Waals surface area contributed by atoms with Crippen molar-refractivity contribution in [2.45, 2.75) is 6.04 Å². The second-order valence-corrected chi connectivity index (χ2v) is 6.03. The third-order valence-electron chi connectivity index (χ3n) is 4.45. The number of amides is 1. The molecule has 0 radical (unpaired) electrons. The Bertz CT molecular complexity index is 733. The van der Waals surface area contributed by atoms with Crippen LogP contribution in [0.25, 0.3) is 0 Å². The number of rotatable bonds is 6. The molecule has 136 valence electrons. The van der Waals surface area contributed by atoms with Crippen LogP contribution in [0.15, 0.2) is 49.1 Å². The molecule has 8 heteroatoms. The van der Waals surface area contributed by atoms with Crippen LogP contribution in [0.2, 0.25) is 0 Å². The smallest absolute Gasteiger partial charge is 0.322 e. The first-order chi connectivity index (χ1) is 12.6. The highest BCUT2D eigenvalue weighted by Gasteiger charge is 2.29. The van der Waals surface area contributed by atoms with E-state index in [-0.39, 0.29) is 12.5 Å². The van der Waals surface area contributed by atoms with Crippen molar-refractivity contribution in [3.8, 4) is 0 Å². The lowest BCUT2D eigenvalue weighted by molar-refractivity contribution is -0.143.